The molecular weight excluding hydrogens is 560 g/mol. The molecule has 0 saturated heterocycles. The zero-order valence-electron chi connectivity index (χ0n) is 23.6. The quantitative estimate of drug-likeness (QED) is 0.0793. The lowest BCUT2D eigenvalue weighted by atomic mass is 9.99. The summed E-state index contributed by atoms with van der Waals surface area (Å²) in [6.07, 6.45) is 2.89. The molecule has 220 valence electrons. The molecule has 0 fully saturated rings. The fourth-order valence-corrected chi connectivity index (χ4v) is 4.47. The number of anilines is 2. The predicted octanol–water partition coefficient (Wildman–Crippen LogP) is 5.85. The Labute approximate surface area is 249 Å². The number of nitrogens with zero attached hydrogens (tertiary/aromatic N) is 1. The Morgan fingerprint density at radius 3 is 2.29 bits per heavy atom. The molecule has 0 radical (unpaired) electrons. The highest BCUT2D eigenvalue weighted by molar-refractivity contribution is 6.35. The van der Waals surface area contributed by atoms with Gasteiger partial charge in [-0.05, 0) is 36.8 Å². The van der Waals surface area contributed by atoms with Gasteiger partial charge in [0.25, 0.3) is 6.73 Å². The lowest BCUT2D eigenvalue weighted by Crippen LogP contribution is -2.36. The van der Waals surface area contributed by atoms with E-state index in [0.29, 0.717) is 48.3 Å². The number of pyridine rings is 1. The molecule has 3 aromatic carbocycles. The van der Waals surface area contributed by atoms with Crippen LogP contribution in [0, 0.1) is 6.92 Å². The Kier molecular flexibility index (Phi) is 11.7. The summed E-state index contributed by atoms with van der Waals surface area (Å²) in [6.45, 7) is 3.99. The Balaban J connectivity index is 1.36. The highest BCUT2D eigenvalue weighted by Gasteiger charge is 2.17. The van der Waals surface area contributed by atoms with Crippen LogP contribution in [0.3, 0.4) is 0 Å². The number of carbonyl (C=O) groups is 2. The number of fused-ring (bicyclic) bond motifs is 1. The molecule has 0 aliphatic rings. The lowest BCUT2D eigenvalue weighted by molar-refractivity contribution is -0.726. The number of hydrogen-bond donors (Lipinski definition) is 1. The van der Waals surface area contributed by atoms with E-state index in [1.807, 2.05) is 67.8 Å². The Bertz CT molecular complexity index is 1510. The fourth-order valence-electron chi connectivity index (χ4n) is 4.20. The molecule has 0 unspecified atom stereocenters. The van der Waals surface area contributed by atoms with Crippen LogP contribution >= 0.6 is 11.6 Å². The second-order valence-electron chi connectivity index (χ2n) is 9.33. The number of hydrogen-bond acceptors (Lipinski definition) is 8. The topological polar surface area (TPSA) is 96.2 Å². The molecule has 0 amide bonds. The van der Waals surface area contributed by atoms with Crippen molar-refractivity contribution in [2.24, 2.45) is 0 Å². The van der Waals surface area contributed by atoms with E-state index in [1.165, 1.54) is 0 Å². The van der Waals surface area contributed by atoms with Crippen molar-refractivity contribution in [3.63, 3.8) is 0 Å². The summed E-state index contributed by atoms with van der Waals surface area (Å²) >= 11 is 6.56. The molecule has 0 aliphatic heterocycles. The van der Waals surface area contributed by atoms with Gasteiger partial charge in [-0.2, -0.15) is 4.57 Å². The van der Waals surface area contributed by atoms with Crippen LogP contribution in [0.15, 0.2) is 79.1 Å². The third-order valence-electron chi connectivity index (χ3n) is 6.32. The van der Waals surface area contributed by atoms with E-state index in [9.17, 15) is 9.59 Å². The molecule has 1 N–H and O–H groups in total. The van der Waals surface area contributed by atoms with Gasteiger partial charge in [0.05, 0.1) is 38.1 Å². The van der Waals surface area contributed by atoms with Crippen LogP contribution in [0.25, 0.3) is 10.8 Å². The maximum Gasteiger partial charge on any atom is 0.513 e. The minimum absolute atomic E-state index is 0.0584. The van der Waals surface area contributed by atoms with E-state index in [2.05, 4.69) is 5.32 Å². The second-order valence-corrected chi connectivity index (χ2v) is 9.73. The van der Waals surface area contributed by atoms with Crippen LogP contribution < -0.4 is 9.88 Å². The van der Waals surface area contributed by atoms with Gasteiger partial charge >= 0.3 is 6.16 Å². The molecule has 1 heterocycles. The number of aromatic nitrogens is 1. The van der Waals surface area contributed by atoms with Gasteiger partial charge in [0.2, 0.25) is 0 Å². The van der Waals surface area contributed by atoms with Crippen molar-refractivity contribution >= 4 is 45.7 Å². The van der Waals surface area contributed by atoms with Gasteiger partial charge in [-0.25, -0.2) is 4.79 Å². The summed E-state index contributed by atoms with van der Waals surface area (Å²) in [5.41, 5.74) is 3.40. The number of ether oxygens (including phenoxy) is 5. The summed E-state index contributed by atoms with van der Waals surface area (Å²) in [5, 5.41) is 5.61. The van der Waals surface area contributed by atoms with Gasteiger partial charge < -0.3 is 29.0 Å². The van der Waals surface area contributed by atoms with Gasteiger partial charge in [-0.3, -0.25) is 4.79 Å². The van der Waals surface area contributed by atoms with Crippen LogP contribution in [0.1, 0.15) is 21.5 Å². The predicted molar refractivity (Wildman–Crippen MR) is 159 cm³/mol. The standard InChI is InChI=1S/C32H33ClN2O7/c1-23-7-3-5-9-26(23)31(36)28-12-11-25(19-29(28)33)34-30-21-35(20-24-8-4-6-10-27(24)30)22-42-32(37)41-18-17-40-16-15-39-14-13-38-2/h3-12,19-21H,13-18,22H2,1-2H3/p+1. The molecule has 9 nitrogen and oxygen atoms in total. The smallest absolute Gasteiger partial charge is 0.432 e. The molecule has 4 aromatic rings. The zero-order valence-corrected chi connectivity index (χ0v) is 24.4. The lowest BCUT2D eigenvalue weighted by Gasteiger charge is -2.12. The van der Waals surface area contributed by atoms with E-state index in [1.54, 1.807) is 29.9 Å². The largest absolute Gasteiger partial charge is 0.513 e. The Morgan fingerprint density at radius 1 is 0.810 bits per heavy atom. The fraction of sp³-hybridized carbons (Fsp3) is 0.281. The molecule has 10 heteroatoms. The first kappa shape index (κ1) is 30.9. The normalized spacial score (nSPS) is 10.9. The van der Waals surface area contributed by atoms with E-state index in [4.69, 9.17) is 35.3 Å². The van der Waals surface area contributed by atoms with Gasteiger partial charge in [0.1, 0.15) is 12.3 Å². The molecule has 0 saturated carbocycles. The highest BCUT2D eigenvalue weighted by Crippen LogP contribution is 2.29. The SMILES string of the molecule is COCCOCCOCCOC(=O)OC[n+]1cc(Nc2ccc(C(=O)c3ccccc3C)c(Cl)c2)c2ccccc2c1. The summed E-state index contributed by atoms with van der Waals surface area (Å²) in [4.78, 5) is 25.2. The van der Waals surface area contributed by atoms with Crippen LogP contribution in [0.4, 0.5) is 16.2 Å². The van der Waals surface area contributed by atoms with E-state index < -0.39 is 6.16 Å². The summed E-state index contributed by atoms with van der Waals surface area (Å²) < 4.78 is 27.7. The number of rotatable bonds is 15. The number of carbonyl (C=O) groups excluding carboxylic acids is 2. The third kappa shape index (κ3) is 8.74. The number of ketones is 1. The van der Waals surface area contributed by atoms with Crippen molar-refractivity contribution in [3.8, 4) is 0 Å². The average molecular weight is 594 g/mol. The van der Waals surface area contributed by atoms with E-state index in [-0.39, 0.29) is 25.7 Å². The van der Waals surface area contributed by atoms with Gasteiger partial charge in [-0.1, -0.05) is 54.1 Å². The van der Waals surface area contributed by atoms with Gasteiger partial charge in [0, 0.05) is 34.7 Å². The van der Waals surface area contributed by atoms with Crippen molar-refractivity contribution in [2.75, 3.05) is 52.1 Å². The van der Waals surface area contributed by atoms with Crippen molar-refractivity contribution < 1.29 is 37.8 Å². The number of aryl methyl sites for hydroxylation is 1. The summed E-state index contributed by atoms with van der Waals surface area (Å²) in [5.74, 6) is -0.129. The minimum Gasteiger partial charge on any atom is -0.432 e. The first-order valence-corrected chi connectivity index (χ1v) is 13.9. The molecule has 0 bridgehead atoms. The average Bonchev–Trinajstić information content (AvgIpc) is 2.99. The Hall–Kier alpha value is -4.02. The maximum absolute atomic E-state index is 13.1. The summed E-state index contributed by atoms with van der Waals surface area (Å²) in [6, 6.07) is 20.5. The monoisotopic (exact) mass is 593 g/mol. The number of methoxy groups -OCH3 is 1. The van der Waals surface area contributed by atoms with Crippen LogP contribution in [0.5, 0.6) is 0 Å². The minimum atomic E-state index is -0.800. The van der Waals surface area contributed by atoms with Crippen molar-refractivity contribution in [1.82, 2.24) is 0 Å². The third-order valence-corrected chi connectivity index (χ3v) is 6.63. The number of nitrogens with one attached hydrogen (secondary N) is 1. The molecule has 42 heavy (non-hydrogen) atoms. The van der Waals surface area contributed by atoms with Crippen molar-refractivity contribution in [1.29, 1.82) is 0 Å². The van der Waals surface area contributed by atoms with E-state index in [0.717, 1.165) is 22.0 Å². The van der Waals surface area contributed by atoms with E-state index >= 15 is 0 Å². The van der Waals surface area contributed by atoms with Crippen LogP contribution in [-0.4, -0.2) is 58.7 Å². The van der Waals surface area contributed by atoms with Gasteiger partial charge in [-0.15, -0.1) is 0 Å². The van der Waals surface area contributed by atoms with Crippen molar-refractivity contribution in [2.45, 2.75) is 13.7 Å². The molecule has 0 atom stereocenters. The zero-order chi connectivity index (χ0) is 29.7. The molecule has 4 rings (SSSR count). The summed E-state index contributed by atoms with van der Waals surface area (Å²) in [7, 11) is 1.61. The maximum atomic E-state index is 13.1. The molecular formula is C32H34ClN2O7+. The Morgan fingerprint density at radius 2 is 1.52 bits per heavy atom. The van der Waals surface area contributed by atoms with Crippen LogP contribution in [0.2, 0.25) is 5.02 Å². The molecule has 1 aromatic heterocycles. The first-order valence-electron chi connectivity index (χ1n) is 13.5. The highest BCUT2D eigenvalue weighted by atomic mass is 35.5. The molecule has 0 spiro atoms. The van der Waals surface area contributed by atoms with Gasteiger partial charge in [0.15, 0.2) is 18.2 Å². The second kappa shape index (κ2) is 15.8. The number of halogens is 1. The number of benzene rings is 3. The van der Waals surface area contributed by atoms with Crippen LogP contribution in [-0.2, 0) is 30.4 Å². The molecule has 0 aliphatic carbocycles. The first-order chi connectivity index (χ1) is 20.5. The van der Waals surface area contributed by atoms with Crippen molar-refractivity contribution in [3.05, 3.63) is 101 Å².